The Balaban J connectivity index is 1.78. The number of nitrogens with zero attached hydrogens (tertiary/aromatic N) is 1. The minimum absolute atomic E-state index is 0.0219. The lowest BCUT2D eigenvalue weighted by Gasteiger charge is -2.36. The van der Waals surface area contributed by atoms with Crippen LogP contribution in [0.4, 0.5) is 0 Å². The van der Waals surface area contributed by atoms with Gasteiger partial charge < -0.3 is 24.7 Å². The van der Waals surface area contributed by atoms with Gasteiger partial charge in [0.1, 0.15) is 24.0 Å². The molecule has 2 N–H and O–H groups in total. The Bertz CT molecular complexity index is 623. The van der Waals surface area contributed by atoms with Gasteiger partial charge in [0.05, 0.1) is 31.6 Å². The lowest BCUT2D eigenvalue weighted by molar-refractivity contribution is 0.0705. The number of hydrazine groups is 1. The molecule has 1 aromatic rings. The largest absolute Gasteiger partial charge is 0.491 e. The van der Waals surface area contributed by atoms with Crippen LogP contribution in [-0.2, 0) is 16.1 Å². The third-order valence-electron chi connectivity index (χ3n) is 3.58. The molecule has 26 heavy (non-hydrogen) atoms. The third kappa shape index (κ3) is 6.44. The molecule has 1 aromatic carbocycles. The highest BCUT2D eigenvalue weighted by molar-refractivity contribution is 6.31. The van der Waals surface area contributed by atoms with Gasteiger partial charge in [0.2, 0.25) is 0 Å². The van der Waals surface area contributed by atoms with Crippen molar-refractivity contribution in [1.29, 1.82) is 0 Å². The fraction of sp³-hybridized carbons (Fsp3) is 0.474. The highest BCUT2D eigenvalue weighted by Crippen LogP contribution is 2.25. The van der Waals surface area contributed by atoms with Crippen molar-refractivity contribution >= 4 is 11.6 Å². The summed E-state index contributed by atoms with van der Waals surface area (Å²) >= 11 is 6.31. The lowest BCUT2D eigenvalue weighted by Crippen LogP contribution is -2.46. The number of nitrogens with one attached hydrogen (secondary N) is 1. The summed E-state index contributed by atoms with van der Waals surface area (Å²) in [6, 6.07) is 7.66. The second-order valence-electron chi connectivity index (χ2n) is 6.77. The molecular formula is C19H27ClN2O4. The van der Waals surface area contributed by atoms with Crippen LogP contribution in [0.25, 0.3) is 0 Å². The van der Waals surface area contributed by atoms with Gasteiger partial charge in [-0.2, -0.15) is 0 Å². The van der Waals surface area contributed by atoms with Gasteiger partial charge in [-0.1, -0.05) is 23.7 Å². The van der Waals surface area contributed by atoms with Crippen LogP contribution >= 0.6 is 11.6 Å². The number of allylic oxidation sites excluding steroid dienone is 1. The zero-order valence-electron chi connectivity index (χ0n) is 15.5. The van der Waals surface area contributed by atoms with Crippen LogP contribution in [0.2, 0.25) is 0 Å². The Labute approximate surface area is 160 Å². The van der Waals surface area contributed by atoms with Crippen LogP contribution in [0.15, 0.2) is 47.5 Å². The molecular weight excluding hydrogens is 356 g/mol. The van der Waals surface area contributed by atoms with Gasteiger partial charge in [0, 0.05) is 6.20 Å². The molecule has 0 aromatic heterocycles. The van der Waals surface area contributed by atoms with E-state index in [1.165, 1.54) is 0 Å². The molecule has 0 bridgehead atoms. The van der Waals surface area contributed by atoms with Crippen LogP contribution in [0.5, 0.6) is 5.75 Å². The number of hydrogen-bond donors (Lipinski definition) is 2. The maximum atomic E-state index is 8.62. The molecule has 1 heterocycles. The fourth-order valence-corrected chi connectivity index (χ4v) is 2.34. The highest BCUT2D eigenvalue weighted by atomic mass is 35.5. The molecule has 0 spiro atoms. The van der Waals surface area contributed by atoms with Crippen molar-refractivity contribution in [1.82, 2.24) is 10.4 Å². The smallest absolute Gasteiger partial charge is 0.157 e. The molecule has 1 aliphatic heterocycles. The Morgan fingerprint density at radius 3 is 2.42 bits per heavy atom. The SMILES string of the molecule is CC(C)(C)N1C=C(Cl)C(OCc2ccc(OCCOCCO)cc2)=CN1. The van der Waals surface area contributed by atoms with E-state index in [9.17, 15) is 0 Å². The van der Waals surface area contributed by atoms with Crippen LogP contribution < -0.4 is 10.2 Å². The van der Waals surface area contributed by atoms with Crippen molar-refractivity contribution in [3.05, 3.63) is 53.0 Å². The molecule has 0 radical (unpaired) electrons. The Kier molecular flexibility index (Phi) is 7.63. The van der Waals surface area contributed by atoms with Crippen LogP contribution in [-0.4, -0.2) is 42.1 Å². The zero-order chi connectivity index (χ0) is 19.0. The van der Waals surface area contributed by atoms with Crippen molar-refractivity contribution in [2.45, 2.75) is 32.9 Å². The van der Waals surface area contributed by atoms with Crippen molar-refractivity contribution in [3.8, 4) is 5.75 Å². The number of aliphatic hydroxyl groups is 1. The summed E-state index contributed by atoms with van der Waals surface area (Å²) < 4.78 is 16.5. The average molecular weight is 383 g/mol. The average Bonchev–Trinajstić information content (AvgIpc) is 2.61. The predicted molar refractivity (Wildman–Crippen MR) is 101 cm³/mol. The molecule has 0 saturated carbocycles. The van der Waals surface area contributed by atoms with Gasteiger partial charge in [-0.25, -0.2) is 0 Å². The van der Waals surface area contributed by atoms with Crippen molar-refractivity contribution in [2.24, 2.45) is 0 Å². The predicted octanol–water partition coefficient (Wildman–Crippen LogP) is 3.13. The molecule has 2 rings (SSSR count). The molecule has 0 aliphatic carbocycles. The van der Waals surface area contributed by atoms with Gasteiger partial charge in [-0.15, -0.1) is 0 Å². The standard InChI is InChI=1S/C19H27ClN2O4/c1-19(2,3)22-13-17(20)18(12-21-22)26-14-15-4-6-16(7-5-15)25-11-10-24-9-8-23/h4-7,12-13,21,23H,8-11,14H2,1-3H3. The van der Waals surface area contributed by atoms with Gasteiger partial charge >= 0.3 is 0 Å². The van der Waals surface area contributed by atoms with Crippen LogP contribution in [0.1, 0.15) is 26.3 Å². The summed E-state index contributed by atoms with van der Waals surface area (Å²) in [5.74, 6) is 1.37. The van der Waals surface area contributed by atoms with E-state index in [0.717, 1.165) is 11.3 Å². The summed E-state index contributed by atoms with van der Waals surface area (Å²) in [5.41, 5.74) is 4.09. The van der Waals surface area contributed by atoms with E-state index in [0.29, 0.717) is 37.2 Å². The van der Waals surface area contributed by atoms with E-state index in [1.54, 1.807) is 6.20 Å². The Morgan fingerprint density at radius 1 is 1.08 bits per heavy atom. The summed E-state index contributed by atoms with van der Waals surface area (Å²) in [5, 5.41) is 11.1. The quantitative estimate of drug-likeness (QED) is 0.640. The maximum Gasteiger partial charge on any atom is 0.157 e. The van der Waals surface area contributed by atoms with E-state index in [-0.39, 0.29) is 12.1 Å². The van der Waals surface area contributed by atoms with Crippen LogP contribution in [0.3, 0.4) is 0 Å². The van der Waals surface area contributed by atoms with Crippen LogP contribution in [0, 0.1) is 0 Å². The number of hydrogen-bond acceptors (Lipinski definition) is 6. The molecule has 0 amide bonds. The molecule has 0 unspecified atom stereocenters. The first kappa shape index (κ1) is 20.4. The topological polar surface area (TPSA) is 63.2 Å². The normalized spacial score (nSPS) is 14.4. The molecule has 144 valence electrons. The minimum atomic E-state index is -0.0822. The summed E-state index contributed by atoms with van der Waals surface area (Å²) in [6.45, 7) is 7.91. The summed E-state index contributed by atoms with van der Waals surface area (Å²) in [7, 11) is 0. The first-order chi connectivity index (χ1) is 12.4. The third-order valence-corrected chi connectivity index (χ3v) is 3.87. The van der Waals surface area contributed by atoms with Gasteiger partial charge in [0.15, 0.2) is 5.76 Å². The first-order valence-electron chi connectivity index (χ1n) is 8.56. The van der Waals surface area contributed by atoms with Gasteiger partial charge in [-0.05, 0) is 38.5 Å². The highest BCUT2D eigenvalue weighted by Gasteiger charge is 2.22. The maximum absolute atomic E-state index is 8.62. The Morgan fingerprint density at radius 2 is 1.81 bits per heavy atom. The van der Waals surface area contributed by atoms with Crippen molar-refractivity contribution < 1.29 is 19.3 Å². The number of aliphatic hydroxyl groups excluding tert-OH is 1. The molecule has 1 aliphatic rings. The molecule has 7 heteroatoms. The molecule has 0 fully saturated rings. The first-order valence-corrected chi connectivity index (χ1v) is 8.94. The molecule has 0 atom stereocenters. The van der Waals surface area contributed by atoms with Gasteiger partial charge in [0.25, 0.3) is 0 Å². The minimum Gasteiger partial charge on any atom is -0.491 e. The number of rotatable bonds is 9. The lowest BCUT2D eigenvalue weighted by atomic mass is 10.1. The van der Waals surface area contributed by atoms with E-state index in [1.807, 2.05) is 35.5 Å². The molecule has 0 saturated heterocycles. The summed E-state index contributed by atoms with van der Waals surface area (Å²) in [6.07, 6.45) is 3.59. The molecule has 6 nitrogen and oxygen atoms in total. The monoisotopic (exact) mass is 382 g/mol. The Hall–Kier alpha value is -1.89. The summed E-state index contributed by atoms with van der Waals surface area (Å²) in [4.78, 5) is 0. The number of benzene rings is 1. The van der Waals surface area contributed by atoms with Gasteiger partial charge in [-0.3, -0.25) is 5.01 Å². The number of ether oxygens (including phenoxy) is 3. The second-order valence-corrected chi connectivity index (χ2v) is 7.18. The van der Waals surface area contributed by atoms with E-state index in [4.69, 9.17) is 30.9 Å². The van der Waals surface area contributed by atoms with E-state index < -0.39 is 0 Å². The van der Waals surface area contributed by atoms with Crippen molar-refractivity contribution in [3.63, 3.8) is 0 Å². The van der Waals surface area contributed by atoms with E-state index in [2.05, 4.69) is 26.2 Å². The van der Waals surface area contributed by atoms with E-state index >= 15 is 0 Å². The fourth-order valence-electron chi connectivity index (χ4n) is 2.14. The zero-order valence-corrected chi connectivity index (χ0v) is 16.3. The van der Waals surface area contributed by atoms with Crippen molar-refractivity contribution in [2.75, 3.05) is 26.4 Å². The second kappa shape index (κ2) is 9.71. The number of halogens is 1.